The Morgan fingerprint density at radius 1 is 0.935 bits per heavy atom. The van der Waals surface area contributed by atoms with Crippen LogP contribution in [-0.4, -0.2) is 70.1 Å². The summed E-state index contributed by atoms with van der Waals surface area (Å²) in [5.74, 6) is 0.605. The van der Waals surface area contributed by atoms with E-state index in [9.17, 15) is 4.79 Å². The Morgan fingerprint density at radius 3 is 2.39 bits per heavy atom. The Kier molecular flexibility index (Phi) is 9.20. The zero-order valence-corrected chi connectivity index (χ0v) is 28.2. The minimum Gasteiger partial charge on any atom is -0.493 e. The Balaban J connectivity index is 1.42. The molecule has 0 radical (unpaired) electrons. The summed E-state index contributed by atoms with van der Waals surface area (Å²) in [7, 11) is 1.99. The number of aryl methyl sites for hydroxylation is 3. The van der Waals surface area contributed by atoms with Gasteiger partial charge in [0.05, 0.1) is 17.8 Å². The lowest BCUT2D eigenvalue weighted by atomic mass is 9.98. The molecule has 1 fully saturated rings. The second kappa shape index (κ2) is 13.3. The number of carbonyl (C=O) groups excluding carboxylic acids is 1. The van der Waals surface area contributed by atoms with E-state index in [4.69, 9.17) is 14.6 Å². The molecule has 1 saturated heterocycles. The van der Waals surface area contributed by atoms with Gasteiger partial charge in [0.1, 0.15) is 17.0 Å². The quantitative estimate of drug-likeness (QED) is 0.139. The maximum absolute atomic E-state index is 14.2. The highest BCUT2D eigenvalue weighted by atomic mass is 16.6. The number of aromatic nitrogens is 3. The molecule has 3 heterocycles. The predicted octanol–water partition coefficient (Wildman–Crippen LogP) is 6.68. The van der Waals surface area contributed by atoms with Crippen molar-refractivity contribution in [1.29, 1.82) is 0 Å². The minimum atomic E-state index is -0.620. The maximum Gasteiger partial charge on any atom is 0.355 e. The van der Waals surface area contributed by atoms with E-state index in [1.807, 2.05) is 56.8 Å². The molecule has 0 spiro atoms. The summed E-state index contributed by atoms with van der Waals surface area (Å²) < 4.78 is 16.7. The van der Waals surface area contributed by atoms with Gasteiger partial charge in [-0.05, 0) is 64.5 Å². The van der Waals surface area contributed by atoms with Crippen LogP contribution in [0.15, 0.2) is 60.7 Å². The van der Waals surface area contributed by atoms with E-state index < -0.39 is 5.60 Å². The second-order valence-electron chi connectivity index (χ2n) is 13.4. The zero-order chi connectivity index (χ0) is 32.4. The van der Waals surface area contributed by atoms with Crippen LogP contribution < -0.4 is 10.1 Å². The Bertz CT molecular complexity index is 1850. The van der Waals surface area contributed by atoms with Gasteiger partial charge < -0.3 is 19.4 Å². The number of fused-ring (bicyclic) bond motifs is 2. The van der Waals surface area contributed by atoms with Crippen LogP contribution >= 0.6 is 0 Å². The van der Waals surface area contributed by atoms with Crippen LogP contribution in [0.4, 0.5) is 0 Å². The summed E-state index contributed by atoms with van der Waals surface area (Å²) in [4.78, 5) is 16.7. The number of carbonyl (C=O) groups is 1. The fourth-order valence-corrected chi connectivity index (χ4v) is 6.81. The van der Waals surface area contributed by atoms with E-state index in [1.165, 1.54) is 0 Å². The highest BCUT2D eigenvalue weighted by molar-refractivity contribution is 6.05. The van der Waals surface area contributed by atoms with Crippen LogP contribution in [0, 0.1) is 13.8 Å². The van der Waals surface area contributed by atoms with Gasteiger partial charge in [-0.2, -0.15) is 5.10 Å². The topological polar surface area (TPSA) is 73.6 Å². The van der Waals surface area contributed by atoms with Crippen LogP contribution in [0.2, 0.25) is 0 Å². The number of hydrogen-bond donors (Lipinski definition) is 1. The number of ether oxygens (including phenoxy) is 2. The first-order valence-electron chi connectivity index (χ1n) is 16.5. The standard InChI is InChI=1S/C38H47N5O3/c1-26-34(27(2)41(6)40-26)32-16-10-15-30-31(17-11-25-45-33-18-9-13-28-12-7-8-14-29(28)33)36(37(44)46-38(3,4)5)43(35(30)32)24-23-42-21-19-39-20-22-42/h7-10,12-16,18,39H,11,17,19-25H2,1-6H3. The van der Waals surface area contributed by atoms with Gasteiger partial charge in [-0.1, -0.05) is 54.6 Å². The molecule has 8 heteroatoms. The van der Waals surface area contributed by atoms with Crippen molar-refractivity contribution in [1.82, 2.24) is 24.6 Å². The molecule has 2 aromatic heterocycles. The van der Waals surface area contributed by atoms with E-state index in [-0.39, 0.29) is 5.97 Å². The molecule has 6 rings (SSSR count). The molecule has 0 bridgehead atoms. The third kappa shape index (κ3) is 6.55. The molecule has 3 aromatic carbocycles. The van der Waals surface area contributed by atoms with Crippen molar-refractivity contribution < 1.29 is 14.3 Å². The molecule has 0 atom stereocenters. The molecule has 5 aromatic rings. The number of esters is 1. The molecule has 0 amide bonds. The van der Waals surface area contributed by atoms with Gasteiger partial charge in [0.25, 0.3) is 0 Å². The normalized spacial score (nSPS) is 14.3. The number of nitrogens with zero attached hydrogens (tertiary/aromatic N) is 4. The van der Waals surface area contributed by atoms with Gasteiger partial charge in [0, 0.05) is 73.9 Å². The lowest BCUT2D eigenvalue weighted by Crippen LogP contribution is -2.44. The van der Waals surface area contributed by atoms with Gasteiger partial charge >= 0.3 is 5.97 Å². The summed E-state index contributed by atoms with van der Waals surface area (Å²) in [6.07, 6.45) is 1.44. The minimum absolute atomic E-state index is 0.278. The van der Waals surface area contributed by atoms with Crippen molar-refractivity contribution in [3.8, 4) is 16.9 Å². The first kappa shape index (κ1) is 31.8. The lowest BCUT2D eigenvalue weighted by molar-refractivity contribution is 0.00562. The fraction of sp³-hybridized carbons (Fsp3) is 0.421. The molecule has 0 aliphatic carbocycles. The van der Waals surface area contributed by atoms with Crippen LogP contribution in [-0.2, 0) is 24.8 Å². The SMILES string of the molecule is Cc1nn(C)c(C)c1-c1cccc2c(CCCOc3cccc4ccccc34)c(C(=O)OC(C)(C)C)n(CCN3CCNCC3)c12. The molecule has 0 unspecified atom stereocenters. The lowest BCUT2D eigenvalue weighted by Gasteiger charge is -2.28. The van der Waals surface area contributed by atoms with Crippen molar-refractivity contribution in [3.05, 3.63) is 83.3 Å². The largest absolute Gasteiger partial charge is 0.493 e. The summed E-state index contributed by atoms with van der Waals surface area (Å²) >= 11 is 0. The molecule has 8 nitrogen and oxygen atoms in total. The van der Waals surface area contributed by atoms with E-state index in [1.54, 1.807) is 0 Å². The first-order chi connectivity index (χ1) is 22.1. The number of hydrogen-bond acceptors (Lipinski definition) is 6. The molecular weight excluding hydrogens is 574 g/mol. The monoisotopic (exact) mass is 621 g/mol. The molecule has 1 aliphatic heterocycles. The van der Waals surface area contributed by atoms with E-state index in [2.05, 4.69) is 65.0 Å². The maximum atomic E-state index is 14.2. The van der Waals surface area contributed by atoms with Gasteiger partial charge in [0.15, 0.2) is 0 Å². The summed E-state index contributed by atoms with van der Waals surface area (Å²) in [5.41, 5.74) is 6.42. The molecule has 242 valence electrons. The average Bonchev–Trinajstić information content (AvgIpc) is 3.49. The third-order valence-corrected chi connectivity index (χ3v) is 8.99. The Hall–Kier alpha value is -4.14. The predicted molar refractivity (Wildman–Crippen MR) is 186 cm³/mol. The van der Waals surface area contributed by atoms with E-state index >= 15 is 0 Å². The number of benzene rings is 3. The summed E-state index contributed by atoms with van der Waals surface area (Å²) in [6, 6.07) is 20.9. The van der Waals surface area contributed by atoms with Crippen LogP contribution in [0.1, 0.15) is 54.6 Å². The molecule has 46 heavy (non-hydrogen) atoms. The summed E-state index contributed by atoms with van der Waals surface area (Å²) in [6.45, 7) is 16.0. The summed E-state index contributed by atoms with van der Waals surface area (Å²) in [5, 5.41) is 11.6. The molecule has 0 saturated carbocycles. The van der Waals surface area contributed by atoms with Gasteiger partial charge in [0.2, 0.25) is 0 Å². The number of para-hydroxylation sites is 1. The van der Waals surface area contributed by atoms with E-state index in [0.29, 0.717) is 25.3 Å². The van der Waals surface area contributed by atoms with Crippen molar-refractivity contribution in [3.63, 3.8) is 0 Å². The number of rotatable bonds is 10. The first-order valence-corrected chi connectivity index (χ1v) is 16.5. The van der Waals surface area contributed by atoms with Gasteiger partial charge in [-0.25, -0.2) is 4.79 Å². The Morgan fingerprint density at radius 2 is 1.65 bits per heavy atom. The fourth-order valence-electron chi connectivity index (χ4n) is 6.81. The highest BCUT2D eigenvalue weighted by Crippen LogP contribution is 2.38. The van der Waals surface area contributed by atoms with Crippen LogP contribution in [0.25, 0.3) is 32.8 Å². The number of piperazine rings is 1. The van der Waals surface area contributed by atoms with Crippen molar-refractivity contribution in [2.45, 2.75) is 59.6 Å². The third-order valence-electron chi connectivity index (χ3n) is 8.99. The van der Waals surface area contributed by atoms with Crippen molar-refractivity contribution >= 4 is 27.6 Å². The second-order valence-corrected chi connectivity index (χ2v) is 13.4. The molecule has 1 aliphatic rings. The highest BCUT2D eigenvalue weighted by Gasteiger charge is 2.29. The van der Waals surface area contributed by atoms with Gasteiger partial charge in [-0.15, -0.1) is 0 Å². The van der Waals surface area contributed by atoms with Crippen molar-refractivity contribution in [2.75, 3.05) is 39.3 Å². The van der Waals surface area contributed by atoms with Crippen molar-refractivity contribution in [2.24, 2.45) is 7.05 Å². The molecular formula is C38H47N5O3. The Labute approximate surface area is 272 Å². The van der Waals surface area contributed by atoms with E-state index in [0.717, 1.165) is 94.6 Å². The average molecular weight is 622 g/mol. The van der Waals surface area contributed by atoms with Crippen LogP contribution in [0.3, 0.4) is 0 Å². The zero-order valence-electron chi connectivity index (χ0n) is 28.2. The molecule has 1 N–H and O–H groups in total. The smallest absolute Gasteiger partial charge is 0.355 e. The van der Waals surface area contributed by atoms with Crippen LogP contribution in [0.5, 0.6) is 5.75 Å². The van der Waals surface area contributed by atoms with Gasteiger partial charge in [-0.3, -0.25) is 9.58 Å². The number of nitrogens with one attached hydrogen (secondary N) is 1.